The van der Waals surface area contributed by atoms with E-state index in [4.69, 9.17) is 4.84 Å². The number of amides is 3. The van der Waals surface area contributed by atoms with Gasteiger partial charge < -0.3 is 0 Å². The number of para-hydroxylation sites is 1. The Bertz CT molecular complexity index is 418. The van der Waals surface area contributed by atoms with Crippen molar-refractivity contribution >= 4 is 17.6 Å². The quantitative estimate of drug-likeness (QED) is 0.718. The second-order valence-electron chi connectivity index (χ2n) is 3.56. The van der Waals surface area contributed by atoms with Crippen LogP contribution in [0.5, 0.6) is 0 Å². The number of nitrogens with zero attached hydrogens (tertiary/aromatic N) is 2. The molecule has 0 bridgehead atoms. The topological polar surface area (TPSA) is 49.9 Å². The molecule has 0 aromatic heterocycles. The lowest BCUT2D eigenvalue weighted by atomic mass is 10.3. The Morgan fingerprint density at radius 3 is 2.44 bits per heavy atom. The third-order valence-electron chi connectivity index (χ3n) is 2.39. The second kappa shape index (κ2) is 3.94. The Hall–Kier alpha value is -1.88. The Labute approximate surface area is 93.2 Å². The molecule has 1 saturated heterocycles. The minimum atomic E-state index is -0.650. The van der Waals surface area contributed by atoms with Crippen LogP contribution in [0, 0.1) is 0 Å². The Kier molecular flexibility index (Phi) is 2.62. The molecule has 0 N–H and O–H groups in total. The number of carbonyl (C=O) groups is 2. The molecule has 16 heavy (non-hydrogen) atoms. The average molecular weight is 220 g/mol. The molecule has 1 fully saturated rings. The zero-order chi connectivity index (χ0) is 11.7. The van der Waals surface area contributed by atoms with Crippen LogP contribution in [-0.2, 0) is 9.63 Å². The summed E-state index contributed by atoms with van der Waals surface area (Å²) in [6.07, 6.45) is -0.650. The number of hydrogen-bond donors (Lipinski definition) is 0. The Morgan fingerprint density at radius 1 is 1.19 bits per heavy atom. The lowest BCUT2D eigenvalue weighted by Gasteiger charge is -2.34. The highest BCUT2D eigenvalue weighted by atomic mass is 16.7. The van der Waals surface area contributed by atoms with Crippen molar-refractivity contribution in [3.8, 4) is 0 Å². The summed E-state index contributed by atoms with van der Waals surface area (Å²) in [4.78, 5) is 29.6. The van der Waals surface area contributed by atoms with Crippen LogP contribution in [0.15, 0.2) is 30.3 Å². The van der Waals surface area contributed by atoms with Crippen molar-refractivity contribution < 1.29 is 14.4 Å². The first-order chi connectivity index (χ1) is 7.61. The summed E-state index contributed by atoms with van der Waals surface area (Å²) in [5.41, 5.74) is 0.610. The molecule has 3 amide bonds. The van der Waals surface area contributed by atoms with Gasteiger partial charge in [0, 0.05) is 7.05 Å². The summed E-state index contributed by atoms with van der Waals surface area (Å²) in [5, 5.41) is 1.13. The molecule has 0 aliphatic carbocycles. The molecular weight excluding hydrogens is 208 g/mol. The number of likely N-dealkylation sites (N-methyl/N-ethyl adjacent to an activating group) is 1. The molecule has 1 aliphatic rings. The molecule has 5 nitrogen and oxygen atoms in total. The molecule has 0 radical (unpaired) electrons. The number of hydrogen-bond acceptors (Lipinski definition) is 3. The second-order valence-corrected chi connectivity index (χ2v) is 3.56. The van der Waals surface area contributed by atoms with Crippen molar-refractivity contribution in [1.29, 1.82) is 0 Å². The van der Waals surface area contributed by atoms with Crippen LogP contribution in [0.1, 0.15) is 6.92 Å². The molecule has 0 saturated carbocycles. The molecule has 2 rings (SSSR count). The summed E-state index contributed by atoms with van der Waals surface area (Å²) < 4.78 is 0. The van der Waals surface area contributed by atoms with Gasteiger partial charge in [-0.15, -0.1) is 0 Å². The van der Waals surface area contributed by atoms with Gasteiger partial charge >= 0.3 is 6.03 Å². The number of hydroxylamine groups is 1. The fourth-order valence-electron chi connectivity index (χ4n) is 1.49. The van der Waals surface area contributed by atoms with E-state index in [2.05, 4.69) is 0 Å². The van der Waals surface area contributed by atoms with Gasteiger partial charge in [-0.1, -0.05) is 18.2 Å². The molecule has 1 aliphatic heterocycles. The van der Waals surface area contributed by atoms with Gasteiger partial charge in [0.2, 0.25) is 0 Å². The largest absolute Gasteiger partial charge is 0.355 e. The highest BCUT2D eigenvalue weighted by Crippen LogP contribution is 2.21. The fraction of sp³-hybridized carbons (Fsp3) is 0.273. The van der Waals surface area contributed by atoms with E-state index < -0.39 is 12.1 Å². The van der Waals surface area contributed by atoms with E-state index in [1.165, 1.54) is 7.05 Å². The van der Waals surface area contributed by atoms with E-state index in [-0.39, 0.29) is 5.91 Å². The molecule has 5 heteroatoms. The van der Waals surface area contributed by atoms with Crippen LogP contribution in [0.25, 0.3) is 0 Å². The summed E-state index contributed by atoms with van der Waals surface area (Å²) in [6, 6.07) is 8.45. The predicted molar refractivity (Wildman–Crippen MR) is 57.6 cm³/mol. The van der Waals surface area contributed by atoms with E-state index in [1.54, 1.807) is 31.2 Å². The first kappa shape index (κ1) is 10.6. The summed E-state index contributed by atoms with van der Waals surface area (Å²) >= 11 is 0. The van der Waals surface area contributed by atoms with E-state index >= 15 is 0 Å². The Balaban J connectivity index is 2.30. The van der Waals surface area contributed by atoms with Crippen molar-refractivity contribution in [2.24, 2.45) is 0 Å². The summed E-state index contributed by atoms with van der Waals surface area (Å²) in [6.45, 7) is 1.61. The molecule has 1 aromatic rings. The van der Waals surface area contributed by atoms with Crippen LogP contribution >= 0.6 is 0 Å². The lowest BCUT2D eigenvalue weighted by molar-refractivity contribution is -0.143. The molecule has 1 atom stereocenters. The van der Waals surface area contributed by atoms with Gasteiger partial charge in [0.25, 0.3) is 5.91 Å². The van der Waals surface area contributed by atoms with Crippen molar-refractivity contribution in [2.45, 2.75) is 13.0 Å². The van der Waals surface area contributed by atoms with Gasteiger partial charge in [-0.2, -0.15) is 5.06 Å². The SMILES string of the molecule is C[C@@H]1ON(c2ccccc2)C(=O)N(C)C1=O. The normalized spacial score (nSPS) is 21.5. The van der Waals surface area contributed by atoms with Crippen molar-refractivity contribution in [3.63, 3.8) is 0 Å². The maximum atomic E-state index is 11.8. The fourth-order valence-corrected chi connectivity index (χ4v) is 1.49. The van der Waals surface area contributed by atoms with E-state index in [9.17, 15) is 9.59 Å². The molecule has 1 aromatic carbocycles. The smallest absolute Gasteiger partial charge is 0.271 e. The van der Waals surface area contributed by atoms with Crippen molar-refractivity contribution in [3.05, 3.63) is 30.3 Å². The van der Waals surface area contributed by atoms with Crippen LogP contribution in [0.4, 0.5) is 10.5 Å². The van der Waals surface area contributed by atoms with Crippen molar-refractivity contribution in [2.75, 3.05) is 12.1 Å². The molecule has 84 valence electrons. The van der Waals surface area contributed by atoms with Gasteiger partial charge in [0.15, 0.2) is 6.10 Å². The number of benzene rings is 1. The average Bonchev–Trinajstić information content (AvgIpc) is 2.32. The predicted octanol–water partition coefficient (Wildman–Crippen LogP) is 1.41. The number of anilines is 1. The van der Waals surface area contributed by atoms with E-state index in [1.807, 2.05) is 6.07 Å². The molecular formula is C11H12N2O3. The van der Waals surface area contributed by atoms with Gasteiger partial charge in [-0.05, 0) is 19.1 Å². The maximum Gasteiger partial charge on any atom is 0.355 e. The van der Waals surface area contributed by atoms with E-state index in [0.717, 1.165) is 9.96 Å². The summed E-state index contributed by atoms with van der Waals surface area (Å²) in [7, 11) is 1.44. The zero-order valence-corrected chi connectivity index (χ0v) is 9.08. The maximum absolute atomic E-state index is 11.8. The van der Waals surface area contributed by atoms with Gasteiger partial charge in [-0.25, -0.2) is 4.79 Å². The minimum Gasteiger partial charge on any atom is -0.271 e. The zero-order valence-electron chi connectivity index (χ0n) is 9.08. The molecule has 1 heterocycles. The van der Waals surface area contributed by atoms with E-state index in [0.29, 0.717) is 5.69 Å². The number of carbonyl (C=O) groups excluding carboxylic acids is 2. The monoisotopic (exact) mass is 220 g/mol. The lowest BCUT2D eigenvalue weighted by Crippen LogP contribution is -2.55. The van der Waals surface area contributed by atoms with Crippen LogP contribution in [0.2, 0.25) is 0 Å². The standard InChI is InChI=1S/C11H12N2O3/c1-8-10(14)12(2)11(15)13(16-8)9-6-4-3-5-7-9/h3-8H,1-2H3/t8-/m0/s1. The van der Waals surface area contributed by atoms with Crippen LogP contribution in [0.3, 0.4) is 0 Å². The number of urea groups is 1. The highest BCUT2D eigenvalue weighted by molar-refractivity contribution is 6.04. The van der Waals surface area contributed by atoms with Gasteiger partial charge in [0.1, 0.15) is 0 Å². The number of imide groups is 1. The molecule has 0 unspecified atom stereocenters. The van der Waals surface area contributed by atoms with Crippen LogP contribution in [-0.4, -0.2) is 30.0 Å². The highest BCUT2D eigenvalue weighted by Gasteiger charge is 2.36. The van der Waals surface area contributed by atoms with Crippen molar-refractivity contribution in [1.82, 2.24) is 4.90 Å². The third-order valence-corrected chi connectivity index (χ3v) is 2.39. The molecule has 0 spiro atoms. The first-order valence-electron chi connectivity index (χ1n) is 4.94. The van der Waals surface area contributed by atoms with Crippen LogP contribution < -0.4 is 5.06 Å². The van der Waals surface area contributed by atoms with Gasteiger partial charge in [-0.3, -0.25) is 14.5 Å². The summed E-state index contributed by atoms with van der Waals surface area (Å²) in [5.74, 6) is -0.336. The van der Waals surface area contributed by atoms with Gasteiger partial charge in [0.05, 0.1) is 5.69 Å². The third kappa shape index (κ3) is 1.65. The Morgan fingerprint density at radius 2 is 1.81 bits per heavy atom. The minimum absolute atomic E-state index is 0.336. The number of rotatable bonds is 1. The first-order valence-corrected chi connectivity index (χ1v) is 4.94.